The Hall–Kier alpha value is -0.910. The summed E-state index contributed by atoms with van der Waals surface area (Å²) in [7, 11) is -3.29. The molecule has 0 saturated carbocycles. The van der Waals surface area contributed by atoms with Gasteiger partial charge in [0.2, 0.25) is 15.9 Å². The van der Waals surface area contributed by atoms with Gasteiger partial charge in [-0.2, -0.15) is 13.2 Å². The summed E-state index contributed by atoms with van der Waals surface area (Å²) in [6.07, 6.45) is -2.66. The van der Waals surface area contributed by atoms with Crippen LogP contribution in [0.3, 0.4) is 0 Å². The second-order valence-corrected chi connectivity index (χ2v) is 8.51. The lowest BCUT2D eigenvalue weighted by molar-refractivity contribution is -0.184. The first-order valence-corrected chi connectivity index (χ1v) is 10.2. The minimum atomic E-state index is -4.41. The fourth-order valence-corrected chi connectivity index (χ4v) is 4.11. The third kappa shape index (κ3) is 5.80. The Morgan fingerprint density at radius 3 is 2.24 bits per heavy atom. The number of nitrogens with one attached hydrogen (secondary N) is 2. The number of rotatable bonds is 5. The maximum absolute atomic E-state index is 13.3. The lowest BCUT2D eigenvalue weighted by Gasteiger charge is -2.36. The third-order valence-electron chi connectivity index (χ3n) is 4.73. The van der Waals surface area contributed by atoms with Crippen LogP contribution in [0, 0.1) is 5.92 Å². The van der Waals surface area contributed by atoms with Crippen LogP contribution in [0.1, 0.15) is 12.8 Å². The van der Waals surface area contributed by atoms with Gasteiger partial charge in [-0.3, -0.25) is 9.69 Å². The van der Waals surface area contributed by atoms with Crippen molar-refractivity contribution in [2.24, 2.45) is 5.92 Å². The number of hydrogen-bond donors (Lipinski definition) is 2. The molecule has 25 heavy (non-hydrogen) atoms. The van der Waals surface area contributed by atoms with Crippen molar-refractivity contribution in [1.29, 1.82) is 0 Å². The van der Waals surface area contributed by atoms with Gasteiger partial charge < -0.3 is 10.6 Å². The molecule has 1 unspecified atom stereocenters. The van der Waals surface area contributed by atoms with E-state index in [1.54, 1.807) is 0 Å². The lowest BCUT2D eigenvalue weighted by Crippen LogP contribution is -2.58. The van der Waals surface area contributed by atoms with E-state index >= 15 is 0 Å². The van der Waals surface area contributed by atoms with Crippen LogP contribution in [0.4, 0.5) is 13.2 Å². The Kier molecular flexibility index (Phi) is 6.68. The molecule has 0 aromatic heterocycles. The second kappa shape index (κ2) is 8.19. The van der Waals surface area contributed by atoms with Crippen LogP contribution in [0.5, 0.6) is 0 Å². The van der Waals surface area contributed by atoms with E-state index in [2.05, 4.69) is 10.6 Å². The molecule has 2 aliphatic heterocycles. The summed E-state index contributed by atoms with van der Waals surface area (Å²) in [5.41, 5.74) is 0. The number of amides is 1. The highest BCUT2D eigenvalue weighted by Crippen LogP contribution is 2.25. The number of carbonyl (C=O) groups is 1. The third-order valence-corrected chi connectivity index (χ3v) is 6.04. The molecule has 11 heteroatoms. The normalized spacial score (nSPS) is 23.4. The molecule has 0 bridgehead atoms. The summed E-state index contributed by atoms with van der Waals surface area (Å²) in [5, 5.41) is 5.42. The molecule has 2 saturated heterocycles. The predicted octanol–water partition coefficient (Wildman–Crippen LogP) is -0.390. The van der Waals surface area contributed by atoms with Gasteiger partial charge in [0, 0.05) is 51.7 Å². The summed E-state index contributed by atoms with van der Waals surface area (Å²) in [4.78, 5) is 13.5. The number of alkyl halides is 3. The standard InChI is InChI=1S/C14H25F3N4O3S/c1-25(23,24)21-6-2-11(3-7-21)13(22)19-10-12(14(15,16)17)20-8-4-18-5-9-20/h11-12,18H,2-10H2,1H3,(H,19,22). The van der Waals surface area contributed by atoms with Gasteiger partial charge in [-0.05, 0) is 12.8 Å². The van der Waals surface area contributed by atoms with Crippen LogP contribution in [-0.2, 0) is 14.8 Å². The Bertz CT molecular complexity index is 556. The zero-order chi connectivity index (χ0) is 18.7. The molecule has 2 rings (SSSR count). The second-order valence-electron chi connectivity index (χ2n) is 6.52. The number of halogens is 3. The number of nitrogens with zero attached hydrogens (tertiary/aromatic N) is 2. The molecule has 2 aliphatic rings. The maximum Gasteiger partial charge on any atom is 0.405 e. The van der Waals surface area contributed by atoms with Crippen molar-refractivity contribution in [1.82, 2.24) is 19.8 Å². The molecule has 2 N–H and O–H groups in total. The summed E-state index contributed by atoms with van der Waals surface area (Å²) in [6.45, 7) is 1.51. The van der Waals surface area contributed by atoms with Crippen molar-refractivity contribution in [3.05, 3.63) is 0 Å². The van der Waals surface area contributed by atoms with Gasteiger partial charge in [-0.15, -0.1) is 0 Å². The van der Waals surface area contributed by atoms with Crippen LogP contribution in [0.2, 0.25) is 0 Å². The summed E-state index contributed by atoms with van der Waals surface area (Å²) < 4.78 is 64.1. The van der Waals surface area contributed by atoms with E-state index in [0.717, 1.165) is 6.26 Å². The molecule has 0 aromatic carbocycles. The summed E-state index contributed by atoms with van der Waals surface area (Å²) in [5.74, 6) is -0.882. The molecular formula is C14H25F3N4O3S. The molecule has 0 spiro atoms. The molecule has 2 heterocycles. The minimum Gasteiger partial charge on any atom is -0.354 e. The number of piperazine rings is 1. The first kappa shape index (κ1) is 20.4. The van der Waals surface area contributed by atoms with Crippen molar-refractivity contribution in [2.75, 3.05) is 52.1 Å². The number of carbonyl (C=O) groups excluding carboxylic acids is 1. The van der Waals surface area contributed by atoms with Gasteiger partial charge in [-0.1, -0.05) is 0 Å². The van der Waals surface area contributed by atoms with E-state index in [1.807, 2.05) is 0 Å². The highest BCUT2D eigenvalue weighted by Gasteiger charge is 2.44. The van der Waals surface area contributed by atoms with Gasteiger partial charge in [0.1, 0.15) is 6.04 Å². The van der Waals surface area contributed by atoms with Gasteiger partial charge in [0.25, 0.3) is 0 Å². The first-order chi connectivity index (χ1) is 11.6. The van der Waals surface area contributed by atoms with E-state index < -0.39 is 40.6 Å². The highest BCUT2D eigenvalue weighted by molar-refractivity contribution is 7.88. The molecule has 0 aliphatic carbocycles. The van der Waals surface area contributed by atoms with Crippen molar-refractivity contribution < 1.29 is 26.4 Å². The Morgan fingerprint density at radius 2 is 1.76 bits per heavy atom. The van der Waals surface area contributed by atoms with Crippen LogP contribution < -0.4 is 10.6 Å². The minimum absolute atomic E-state index is 0.220. The van der Waals surface area contributed by atoms with Crippen molar-refractivity contribution >= 4 is 15.9 Å². The smallest absolute Gasteiger partial charge is 0.354 e. The number of piperidine rings is 1. The predicted molar refractivity (Wildman–Crippen MR) is 86.4 cm³/mol. The van der Waals surface area contributed by atoms with Crippen molar-refractivity contribution in [3.8, 4) is 0 Å². The average Bonchev–Trinajstić information content (AvgIpc) is 2.54. The summed E-state index contributed by atoms with van der Waals surface area (Å²) >= 11 is 0. The molecule has 1 atom stereocenters. The quantitative estimate of drug-likeness (QED) is 0.673. The lowest BCUT2D eigenvalue weighted by atomic mass is 9.97. The Morgan fingerprint density at radius 1 is 1.20 bits per heavy atom. The largest absolute Gasteiger partial charge is 0.405 e. The monoisotopic (exact) mass is 386 g/mol. The van der Waals surface area contributed by atoms with Gasteiger partial charge in [0.05, 0.1) is 6.26 Å². The van der Waals surface area contributed by atoms with Crippen molar-refractivity contribution in [3.63, 3.8) is 0 Å². The fraction of sp³-hybridized carbons (Fsp3) is 0.929. The molecule has 7 nitrogen and oxygen atoms in total. The van der Waals surface area contributed by atoms with Gasteiger partial charge in [0.15, 0.2) is 0 Å². The zero-order valence-corrected chi connectivity index (χ0v) is 15.0. The SMILES string of the molecule is CS(=O)(=O)N1CCC(C(=O)NCC(N2CCNCC2)C(F)(F)F)CC1. The van der Waals surface area contributed by atoms with Crippen LogP contribution in [0.15, 0.2) is 0 Å². The van der Waals surface area contributed by atoms with E-state index in [1.165, 1.54) is 9.21 Å². The zero-order valence-electron chi connectivity index (χ0n) is 14.2. The van der Waals surface area contributed by atoms with Crippen molar-refractivity contribution in [2.45, 2.75) is 25.1 Å². The maximum atomic E-state index is 13.3. The van der Waals surface area contributed by atoms with E-state index in [0.29, 0.717) is 25.9 Å². The topological polar surface area (TPSA) is 81.8 Å². The van der Waals surface area contributed by atoms with Crippen LogP contribution >= 0.6 is 0 Å². The van der Waals surface area contributed by atoms with Gasteiger partial charge in [-0.25, -0.2) is 12.7 Å². The highest BCUT2D eigenvalue weighted by atomic mass is 32.2. The van der Waals surface area contributed by atoms with Crippen LogP contribution in [0.25, 0.3) is 0 Å². The van der Waals surface area contributed by atoms with Gasteiger partial charge >= 0.3 is 6.18 Å². The molecule has 1 amide bonds. The molecule has 146 valence electrons. The number of hydrogen-bond acceptors (Lipinski definition) is 5. The molecular weight excluding hydrogens is 361 g/mol. The Balaban J connectivity index is 1.87. The fourth-order valence-electron chi connectivity index (χ4n) is 3.24. The average molecular weight is 386 g/mol. The van der Waals surface area contributed by atoms with E-state index in [-0.39, 0.29) is 26.2 Å². The summed E-state index contributed by atoms with van der Waals surface area (Å²) in [6, 6.07) is -1.70. The van der Waals surface area contributed by atoms with Crippen LogP contribution in [-0.4, -0.2) is 87.8 Å². The molecule has 0 radical (unpaired) electrons. The van der Waals surface area contributed by atoms with E-state index in [9.17, 15) is 26.4 Å². The Labute approximate surface area is 146 Å². The molecule has 2 fully saturated rings. The van der Waals surface area contributed by atoms with E-state index in [4.69, 9.17) is 0 Å². The molecule has 0 aromatic rings. The first-order valence-electron chi connectivity index (χ1n) is 8.33. The number of sulfonamides is 1.